The number of anilines is 2. The van der Waals surface area contributed by atoms with E-state index in [1.807, 2.05) is 0 Å². The molecule has 1 aromatic rings. The van der Waals surface area contributed by atoms with Crippen molar-refractivity contribution >= 4 is 23.0 Å². The van der Waals surface area contributed by atoms with Crippen molar-refractivity contribution in [2.45, 2.75) is 6.92 Å². The minimum Gasteiger partial charge on any atom is -0.397 e. The van der Waals surface area contributed by atoms with E-state index in [9.17, 15) is 14.9 Å². The molecule has 1 rings (SSSR count). The number of nitrogen functional groups attached to an aromatic ring is 2. The number of primary amides is 1. The summed E-state index contributed by atoms with van der Waals surface area (Å²) >= 11 is 0. The average molecular weight is 210 g/mol. The zero-order chi connectivity index (χ0) is 11.7. The number of nitrogens with two attached hydrogens (primary N) is 3. The average Bonchev–Trinajstić information content (AvgIpc) is 2.13. The first-order valence-corrected chi connectivity index (χ1v) is 3.99. The SMILES string of the molecule is Cc1c([N+](=O)[O-])cc(C(N)=O)c(N)c1N. The molecule has 0 aliphatic carbocycles. The Morgan fingerprint density at radius 3 is 2.33 bits per heavy atom. The van der Waals surface area contributed by atoms with E-state index in [0.717, 1.165) is 6.07 Å². The van der Waals surface area contributed by atoms with Crippen LogP contribution in [0.3, 0.4) is 0 Å². The quantitative estimate of drug-likeness (QED) is 0.362. The number of nitro groups is 1. The normalized spacial score (nSPS) is 9.93. The lowest BCUT2D eigenvalue weighted by Crippen LogP contribution is -2.16. The Hall–Kier alpha value is -2.31. The minimum atomic E-state index is -0.845. The molecule has 0 saturated carbocycles. The fraction of sp³-hybridized carbons (Fsp3) is 0.125. The lowest BCUT2D eigenvalue weighted by Gasteiger charge is -2.08. The highest BCUT2D eigenvalue weighted by atomic mass is 16.6. The number of nitrogens with zero attached hydrogens (tertiary/aromatic N) is 1. The van der Waals surface area contributed by atoms with Crippen LogP contribution in [-0.2, 0) is 0 Å². The van der Waals surface area contributed by atoms with Crippen molar-refractivity contribution in [3.8, 4) is 0 Å². The number of nitro benzene ring substituents is 1. The van der Waals surface area contributed by atoms with Crippen molar-refractivity contribution < 1.29 is 9.72 Å². The van der Waals surface area contributed by atoms with Gasteiger partial charge in [0.15, 0.2) is 0 Å². The van der Waals surface area contributed by atoms with Gasteiger partial charge in [0.25, 0.3) is 11.6 Å². The number of hydrogen-bond acceptors (Lipinski definition) is 5. The monoisotopic (exact) mass is 210 g/mol. The molecule has 0 spiro atoms. The molecule has 0 aliphatic heterocycles. The minimum absolute atomic E-state index is 0.0120. The third-order valence-corrected chi connectivity index (χ3v) is 2.11. The van der Waals surface area contributed by atoms with Gasteiger partial charge in [-0.2, -0.15) is 0 Å². The molecule has 0 saturated heterocycles. The highest BCUT2D eigenvalue weighted by Gasteiger charge is 2.20. The maximum atomic E-state index is 10.9. The predicted molar refractivity (Wildman–Crippen MR) is 55.2 cm³/mol. The van der Waals surface area contributed by atoms with E-state index in [0.29, 0.717) is 0 Å². The number of hydrogen-bond donors (Lipinski definition) is 3. The van der Waals surface area contributed by atoms with Gasteiger partial charge in [-0.25, -0.2) is 0 Å². The van der Waals surface area contributed by atoms with Crippen LogP contribution >= 0.6 is 0 Å². The number of benzene rings is 1. The maximum Gasteiger partial charge on any atom is 0.275 e. The van der Waals surface area contributed by atoms with E-state index >= 15 is 0 Å². The number of carbonyl (C=O) groups excluding carboxylic acids is 1. The fourth-order valence-corrected chi connectivity index (χ4v) is 1.20. The smallest absolute Gasteiger partial charge is 0.275 e. The Bertz CT molecular complexity index is 417. The lowest BCUT2D eigenvalue weighted by molar-refractivity contribution is -0.385. The van der Waals surface area contributed by atoms with E-state index < -0.39 is 10.8 Å². The first-order chi connectivity index (χ1) is 6.86. The Kier molecular flexibility index (Phi) is 2.47. The summed E-state index contributed by atoms with van der Waals surface area (Å²) in [5.74, 6) is -0.845. The van der Waals surface area contributed by atoms with E-state index in [-0.39, 0.29) is 28.2 Å². The Labute approximate surface area is 85.0 Å². The molecule has 1 amide bonds. The number of rotatable bonds is 2. The van der Waals surface area contributed by atoms with Crippen LogP contribution in [0.15, 0.2) is 6.07 Å². The van der Waals surface area contributed by atoms with Crippen LogP contribution in [0, 0.1) is 17.0 Å². The van der Waals surface area contributed by atoms with Crippen molar-refractivity contribution in [3.63, 3.8) is 0 Å². The largest absolute Gasteiger partial charge is 0.397 e. The summed E-state index contributed by atoms with van der Waals surface area (Å²) in [5, 5.41) is 10.6. The standard InChI is InChI=1S/C8H10N4O3/c1-3-5(12(14)15)2-4(8(11)13)7(10)6(3)9/h2H,9-10H2,1H3,(H2,11,13). The van der Waals surface area contributed by atoms with E-state index in [1.165, 1.54) is 6.92 Å². The topological polar surface area (TPSA) is 138 Å². The molecule has 0 heterocycles. The van der Waals surface area contributed by atoms with Gasteiger partial charge in [0.2, 0.25) is 0 Å². The van der Waals surface area contributed by atoms with Gasteiger partial charge in [-0.15, -0.1) is 0 Å². The van der Waals surface area contributed by atoms with Gasteiger partial charge in [-0.3, -0.25) is 14.9 Å². The highest BCUT2D eigenvalue weighted by Crippen LogP contribution is 2.31. The van der Waals surface area contributed by atoms with Crippen LogP contribution in [0.2, 0.25) is 0 Å². The molecule has 6 N–H and O–H groups in total. The van der Waals surface area contributed by atoms with Crippen molar-refractivity contribution in [2.75, 3.05) is 11.5 Å². The second-order valence-electron chi connectivity index (χ2n) is 3.02. The van der Waals surface area contributed by atoms with Crippen LogP contribution in [0.25, 0.3) is 0 Å². The van der Waals surface area contributed by atoms with Crippen LogP contribution in [-0.4, -0.2) is 10.8 Å². The molecule has 1 aromatic carbocycles. The van der Waals surface area contributed by atoms with Gasteiger partial charge in [0, 0.05) is 6.07 Å². The van der Waals surface area contributed by atoms with Gasteiger partial charge >= 0.3 is 0 Å². The summed E-state index contributed by atoms with van der Waals surface area (Å²) in [6.45, 7) is 1.45. The zero-order valence-electron chi connectivity index (χ0n) is 7.98. The zero-order valence-corrected chi connectivity index (χ0v) is 7.98. The predicted octanol–water partition coefficient (Wildman–Crippen LogP) is 0.167. The van der Waals surface area contributed by atoms with E-state index in [4.69, 9.17) is 17.2 Å². The summed E-state index contributed by atoms with van der Waals surface area (Å²) < 4.78 is 0. The van der Waals surface area contributed by atoms with Crippen molar-refractivity contribution in [1.82, 2.24) is 0 Å². The van der Waals surface area contributed by atoms with Gasteiger partial charge in [-0.1, -0.05) is 0 Å². The van der Waals surface area contributed by atoms with Crippen LogP contribution in [0.5, 0.6) is 0 Å². The summed E-state index contributed by atoms with van der Waals surface area (Å²) in [4.78, 5) is 20.9. The Balaban J connectivity index is 3.59. The molecule has 7 nitrogen and oxygen atoms in total. The molecule has 0 atom stereocenters. The van der Waals surface area contributed by atoms with Crippen LogP contribution in [0.1, 0.15) is 15.9 Å². The Morgan fingerprint density at radius 2 is 1.93 bits per heavy atom. The molecule has 0 aliphatic rings. The van der Waals surface area contributed by atoms with Crippen molar-refractivity contribution in [3.05, 3.63) is 27.3 Å². The molecule has 0 unspecified atom stereocenters. The maximum absolute atomic E-state index is 10.9. The summed E-state index contributed by atoms with van der Waals surface area (Å²) in [7, 11) is 0. The number of amides is 1. The molecule has 15 heavy (non-hydrogen) atoms. The van der Waals surface area contributed by atoms with Crippen LogP contribution < -0.4 is 17.2 Å². The summed E-state index contributed by atoms with van der Waals surface area (Å²) in [6, 6.07) is 1.03. The molecule has 0 fully saturated rings. The first kappa shape index (κ1) is 10.8. The first-order valence-electron chi connectivity index (χ1n) is 3.99. The van der Waals surface area contributed by atoms with Gasteiger partial charge in [0.1, 0.15) is 0 Å². The van der Waals surface area contributed by atoms with Gasteiger partial charge in [0.05, 0.1) is 27.4 Å². The molecule has 0 radical (unpaired) electrons. The molecular weight excluding hydrogens is 200 g/mol. The van der Waals surface area contributed by atoms with Crippen molar-refractivity contribution in [1.29, 1.82) is 0 Å². The Morgan fingerprint density at radius 1 is 1.40 bits per heavy atom. The molecule has 80 valence electrons. The van der Waals surface area contributed by atoms with Gasteiger partial charge < -0.3 is 17.2 Å². The van der Waals surface area contributed by atoms with Crippen LogP contribution in [0.4, 0.5) is 17.1 Å². The third kappa shape index (κ3) is 1.66. The summed E-state index contributed by atoms with van der Waals surface area (Å²) in [5.41, 5.74) is 15.8. The molecular formula is C8H10N4O3. The van der Waals surface area contributed by atoms with E-state index in [1.54, 1.807) is 0 Å². The third-order valence-electron chi connectivity index (χ3n) is 2.11. The van der Waals surface area contributed by atoms with Crippen molar-refractivity contribution in [2.24, 2.45) is 5.73 Å². The highest BCUT2D eigenvalue weighted by molar-refractivity contribution is 6.02. The second kappa shape index (κ2) is 3.45. The lowest BCUT2D eigenvalue weighted by atomic mass is 10.0. The number of carbonyl (C=O) groups is 1. The van der Waals surface area contributed by atoms with Gasteiger partial charge in [-0.05, 0) is 6.92 Å². The molecule has 0 bridgehead atoms. The fourth-order valence-electron chi connectivity index (χ4n) is 1.20. The second-order valence-corrected chi connectivity index (χ2v) is 3.02. The summed E-state index contributed by atoms with van der Waals surface area (Å²) in [6.07, 6.45) is 0. The van der Waals surface area contributed by atoms with E-state index in [2.05, 4.69) is 0 Å². The molecule has 7 heteroatoms. The molecule has 0 aromatic heterocycles.